The Kier molecular flexibility index (Phi) is 12.2. The van der Waals surface area contributed by atoms with Crippen LogP contribution in [0.4, 0.5) is 0 Å². The number of ketones is 1. The number of nitrogens with zero attached hydrogens (tertiary/aromatic N) is 5. The van der Waals surface area contributed by atoms with Crippen LogP contribution in [0.3, 0.4) is 0 Å². The molecule has 2 N–H and O–H groups in total. The number of hydrogen-bond donors (Lipinski definition) is 1. The second kappa shape index (κ2) is 15.9. The van der Waals surface area contributed by atoms with Gasteiger partial charge in [-0.2, -0.15) is 0 Å². The second-order valence-corrected chi connectivity index (χ2v) is 13.5. The molecule has 0 spiro atoms. The van der Waals surface area contributed by atoms with Crippen LogP contribution in [0.2, 0.25) is 0 Å². The van der Waals surface area contributed by atoms with Crippen molar-refractivity contribution in [3.05, 3.63) is 65.2 Å². The lowest BCUT2D eigenvalue weighted by molar-refractivity contribution is -0.146. The van der Waals surface area contributed by atoms with E-state index in [9.17, 15) is 9.59 Å². The molecule has 10 nitrogen and oxygen atoms in total. The third-order valence-electron chi connectivity index (χ3n) is 9.13. The summed E-state index contributed by atoms with van der Waals surface area (Å²) in [6, 6.07) is 15.7. The van der Waals surface area contributed by atoms with Gasteiger partial charge in [0, 0.05) is 38.2 Å². The van der Waals surface area contributed by atoms with Crippen LogP contribution in [-0.4, -0.2) is 116 Å². The van der Waals surface area contributed by atoms with Crippen molar-refractivity contribution >= 4 is 17.7 Å². The van der Waals surface area contributed by atoms with Gasteiger partial charge in [0.15, 0.2) is 11.9 Å². The summed E-state index contributed by atoms with van der Waals surface area (Å²) in [6.07, 6.45) is 3.31. The molecule has 1 fully saturated rings. The van der Waals surface area contributed by atoms with E-state index in [2.05, 4.69) is 49.9 Å². The summed E-state index contributed by atoms with van der Waals surface area (Å²) in [5.74, 6) is 0.768. The van der Waals surface area contributed by atoms with Crippen LogP contribution in [0.15, 0.2) is 53.5 Å². The molecule has 2 aromatic carbocycles. The molecule has 0 radical (unpaired) electrons. The van der Waals surface area contributed by atoms with E-state index in [0.717, 1.165) is 48.2 Å². The van der Waals surface area contributed by atoms with Gasteiger partial charge in [0.25, 0.3) is 6.02 Å². The Balaban J connectivity index is 1.54. The maximum Gasteiger partial charge on any atom is 0.288 e. The maximum atomic E-state index is 14.2. The van der Waals surface area contributed by atoms with Crippen molar-refractivity contribution in [3.8, 4) is 5.75 Å². The largest absolute Gasteiger partial charge is 0.496 e. The lowest BCUT2D eigenvalue weighted by atomic mass is 9.93. The summed E-state index contributed by atoms with van der Waals surface area (Å²) in [6.45, 7) is 6.82. The van der Waals surface area contributed by atoms with E-state index < -0.39 is 11.6 Å². The first-order chi connectivity index (χ1) is 21.9. The van der Waals surface area contributed by atoms with Crippen LogP contribution in [0, 0.1) is 0 Å². The highest BCUT2D eigenvalue weighted by atomic mass is 16.5. The molecule has 0 bridgehead atoms. The Morgan fingerprint density at radius 2 is 1.83 bits per heavy atom. The average Bonchev–Trinajstić information content (AvgIpc) is 3.37. The number of likely N-dealkylation sites (N-methyl/N-ethyl adjacent to an activating group) is 1. The Labute approximate surface area is 275 Å². The fourth-order valence-corrected chi connectivity index (χ4v) is 6.43. The summed E-state index contributed by atoms with van der Waals surface area (Å²) in [7, 11) is 9.66. The van der Waals surface area contributed by atoms with Gasteiger partial charge >= 0.3 is 0 Å². The number of methoxy groups -OCH3 is 1. The minimum absolute atomic E-state index is 0.0126. The zero-order valence-corrected chi connectivity index (χ0v) is 28.9. The van der Waals surface area contributed by atoms with Gasteiger partial charge in [-0.25, -0.2) is 4.99 Å². The number of ether oxygens (including phenoxy) is 2. The summed E-state index contributed by atoms with van der Waals surface area (Å²) >= 11 is 0. The molecule has 3 atom stereocenters. The number of benzene rings is 2. The fourth-order valence-electron chi connectivity index (χ4n) is 6.43. The summed E-state index contributed by atoms with van der Waals surface area (Å²) in [5.41, 5.74) is 8.37. The van der Waals surface area contributed by atoms with Crippen LogP contribution in [-0.2, 0) is 27.3 Å². The molecular formula is C36H54N6O4. The smallest absolute Gasteiger partial charge is 0.288 e. The maximum absolute atomic E-state index is 14.2. The van der Waals surface area contributed by atoms with E-state index in [1.807, 2.05) is 60.3 Å². The van der Waals surface area contributed by atoms with Crippen LogP contribution in [0.5, 0.6) is 5.75 Å². The highest BCUT2D eigenvalue weighted by molar-refractivity contribution is 5.92. The number of nitrogens with two attached hydrogens (primary N) is 1. The van der Waals surface area contributed by atoms with Crippen molar-refractivity contribution in [2.75, 3.05) is 61.5 Å². The van der Waals surface area contributed by atoms with E-state index in [0.29, 0.717) is 45.0 Å². The summed E-state index contributed by atoms with van der Waals surface area (Å²) in [4.78, 5) is 41.3. The van der Waals surface area contributed by atoms with E-state index in [-0.39, 0.29) is 23.8 Å². The molecule has 2 aliphatic heterocycles. The van der Waals surface area contributed by atoms with Gasteiger partial charge in [-0.3, -0.25) is 14.5 Å². The lowest BCUT2D eigenvalue weighted by Crippen LogP contribution is -2.62. The van der Waals surface area contributed by atoms with Crippen LogP contribution >= 0.6 is 0 Å². The van der Waals surface area contributed by atoms with Crippen LogP contribution in [0.1, 0.15) is 62.3 Å². The van der Waals surface area contributed by atoms with Crippen molar-refractivity contribution in [1.82, 2.24) is 19.6 Å². The third-order valence-corrected chi connectivity index (χ3v) is 9.13. The molecule has 2 heterocycles. The Bertz CT molecular complexity index is 1350. The molecule has 2 aromatic rings. The Morgan fingerprint density at radius 3 is 2.48 bits per heavy atom. The monoisotopic (exact) mass is 634 g/mol. The van der Waals surface area contributed by atoms with Crippen molar-refractivity contribution in [2.45, 2.75) is 76.2 Å². The van der Waals surface area contributed by atoms with Crippen LogP contribution in [0.25, 0.3) is 0 Å². The molecule has 252 valence electrons. The summed E-state index contributed by atoms with van der Waals surface area (Å²) < 4.78 is 12.0. The minimum Gasteiger partial charge on any atom is -0.496 e. The predicted molar refractivity (Wildman–Crippen MR) is 183 cm³/mol. The van der Waals surface area contributed by atoms with E-state index in [1.54, 1.807) is 7.11 Å². The highest BCUT2D eigenvalue weighted by Crippen LogP contribution is 2.38. The molecule has 0 aromatic heterocycles. The number of amides is 1. The molecule has 2 aliphatic rings. The average molecular weight is 635 g/mol. The molecule has 0 unspecified atom stereocenters. The Hall–Kier alpha value is -3.47. The number of rotatable bonds is 14. The zero-order chi connectivity index (χ0) is 33.4. The van der Waals surface area contributed by atoms with Gasteiger partial charge in [0.2, 0.25) is 5.91 Å². The predicted octanol–water partition coefficient (Wildman–Crippen LogP) is 3.74. The number of aryl methyl sites for hydroxylation is 1. The molecule has 1 amide bonds. The van der Waals surface area contributed by atoms with E-state index in [1.165, 1.54) is 0 Å². The quantitative estimate of drug-likeness (QED) is 0.314. The van der Waals surface area contributed by atoms with Gasteiger partial charge in [0.1, 0.15) is 17.3 Å². The van der Waals surface area contributed by atoms with E-state index >= 15 is 0 Å². The first-order valence-corrected chi connectivity index (χ1v) is 16.5. The lowest BCUT2D eigenvalue weighted by Gasteiger charge is -2.43. The normalized spacial score (nSPS) is 20.1. The SMILES string of the molecule is COc1cc(CCC(=O)[C@@H]2CN(C3=NC(C)(C)[C@H](c4ccccc4)O3)CCN2C(=O)[C@@H](CCCCN(C)C)N(C)C)ccc1CN. The zero-order valence-electron chi connectivity index (χ0n) is 28.9. The summed E-state index contributed by atoms with van der Waals surface area (Å²) in [5, 5.41) is 0. The number of piperazine rings is 1. The third kappa shape index (κ3) is 8.66. The number of aliphatic imine (C=N–C) groups is 1. The molecule has 10 heteroatoms. The number of carbonyl (C=O) groups excluding carboxylic acids is 2. The molecule has 1 saturated heterocycles. The molecule has 4 rings (SSSR count). The van der Waals surface area contributed by atoms with Crippen molar-refractivity contribution in [3.63, 3.8) is 0 Å². The van der Waals surface area contributed by atoms with Crippen molar-refractivity contribution < 1.29 is 19.1 Å². The number of amidine groups is 1. The van der Waals surface area contributed by atoms with Gasteiger partial charge < -0.3 is 29.9 Å². The van der Waals surface area contributed by atoms with E-state index in [4.69, 9.17) is 20.2 Å². The number of carbonyl (C=O) groups is 2. The highest BCUT2D eigenvalue weighted by Gasteiger charge is 2.44. The van der Waals surface area contributed by atoms with Gasteiger partial charge in [-0.15, -0.1) is 0 Å². The number of Topliss-reactive ketones (excluding diaryl/α,β-unsaturated/α-hetero) is 1. The Morgan fingerprint density at radius 1 is 1.09 bits per heavy atom. The van der Waals surface area contributed by atoms with Crippen molar-refractivity contribution in [1.29, 1.82) is 0 Å². The van der Waals surface area contributed by atoms with Crippen molar-refractivity contribution in [2.24, 2.45) is 10.7 Å². The topological polar surface area (TPSA) is 104 Å². The number of hydrogen-bond acceptors (Lipinski definition) is 9. The molecule has 0 aliphatic carbocycles. The minimum atomic E-state index is -0.610. The van der Waals surface area contributed by atoms with Gasteiger partial charge in [-0.1, -0.05) is 48.9 Å². The standard InChI is InChI=1S/C36H54N6O4/c1-36(2)33(27-13-9-8-10-14-27)46-35(38-36)41-21-22-42(34(44)29(40(5)6)15-11-12-20-39(3)4)30(25-41)31(43)19-17-26-16-18-28(24-37)32(23-26)45-7/h8-10,13-14,16,18,23,29-30,33H,11-12,15,17,19-22,24-25,37H2,1-7H3/t29-,30+,33+/m1/s1. The first-order valence-electron chi connectivity index (χ1n) is 16.5. The molecular weight excluding hydrogens is 580 g/mol. The molecule has 46 heavy (non-hydrogen) atoms. The first kappa shape index (κ1) is 35.4. The second-order valence-electron chi connectivity index (χ2n) is 13.5. The number of unbranched alkanes of at least 4 members (excludes halogenated alkanes) is 1. The van der Waals surface area contributed by atoms with Gasteiger partial charge in [0.05, 0.1) is 13.2 Å². The van der Waals surface area contributed by atoms with Crippen LogP contribution < -0.4 is 10.5 Å². The fraction of sp³-hybridized carbons (Fsp3) is 0.583. The molecule has 0 saturated carbocycles. The van der Waals surface area contributed by atoms with Gasteiger partial charge in [-0.05, 0) is 85.0 Å².